The van der Waals surface area contributed by atoms with E-state index in [0.717, 1.165) is 12.3 Å². The second kappa shape index (κ2) is 9.60. The van der Waals surface area contributed by atoms with Gasteiger partial charge in [-0.15, -0.1) is 12.4 Å². The Bertz CT molecular complexity index is 57.6. The zero-order chi connectivity index (χ0) is 7.11. The summed E-state index contributed by atoms with van der Waals surface area (Å²) in [5.74, 6) is 1.59. The van der Waals surface area contributed by atoms with E-state index in [2.05, 4.69) is 19.6 Å². The number of nitrogens with two attached hydrogens (primary N) is 1. The number of hydrogen-bond donors (Lipinski definition) is 2. The highest BCUT2D eigenvalue weighted by atomic mass is 35.5. The summed E-state index contributed by atoms with van der Waals surface area (Å²) in [6.07, 6.45) is 3.81. The van der Waals surface area contributed by atoms with Crippen LogP contribution in [0.1, 0.15) is 26.2 Å². The summed E-state index contributed by atoms with van der Waals surface area (Å²) in [6.45, 7) is 3.00. The van der Waals surface area contributed by atoms with Crippen molar-refractivity contribution < 1.29 is 0 Å². The van der Waals surface area contributed by atoms with Gasteiger partial charge in [0.2, 0.25) is 0 Å². The van der Waals surface area contributed by atoms with Crippen LogP contribution in [0.4, 0.5) is 0 Å². The number of thiol groups is 1. The molecule has 0 heterocycles. The Morgan fingerprint density at radius 3 is 2.40 bits per heavy atom. The summed E-state index contributed by atoms with van der Waals surface area (Å²) in [5, 5.41) is 0. The van der Waals surface area contributed by atoms with Crippen molar-refractivity contribution in [1.82, 2.24) is 0 Å². The van der Waals surface area contributed by atoms with E-state index in [-0.39, 0.29) is 12.4 Å². The van der Waals surface area contributed by atoms with Gasteiger partial charge >= 0.3 is 0 Å². The maximum Gasteiger partial charge on any atom is -0.00411 e. The van der Waals surface area contributed by atoms with Crippen molar-refractivity contribution in [2.45, 2.75) is 26.2 Å². The predicted molar refractivity (Wildman–Crippen MR) is 53.2 cm³/mol. The van der Waals surface area contributed by atoms with Crippen molar-refractivity contribution in [3.8, 4) is 0 Å². The molecule has 0 aliphatic rings. The first-order chi connectivity index (χ1) is 4.35. The Morgan fingerprint density at radius 2 is 2.10 bits per heavy atom. The Balaban J connectivity index is 0. The van der Waals surface area contributed by atoms with Gasteiger partial charge < -0.3 is 5.73 Å². The molecule has 0 amide bonds. The van der Waals surface area contributed by atoms with Crippen molar-refractivity contribution in [3.05, 3.63) is 0 Å². The molecule has 0 rings (SSSR count). The molecule has 64 valence electrons. The highest BCUT2D eigenvalue weighted by molar-refractivity contribution is 7.80. The third-order valence-corrected chi connectivity index (χ3v) is 2.07. The molecular weight excluding hydrogens is 166 g/mol. The lowest BCUT2D eigenvalue weighted by atomic mass is 10.1. The lowest BCUT2D eigenvalue weighted by molar-refractivity contribution is 0.525. The van der Waals surface area contributed by atoms with Gasteiger partial charge in [0.15, 0.2) is 0 Å². The zero-order valence-electron chi connectivity index (χ0n) is 6.55. The summed E-state index contributed by atoms with van der Waals surface area (Å²) in [6, 6.07) is 0. The molecule has 0 aromatic rings. The molecule has 3 heteroatoms. The molecule has 0 saturated carbocycles. The molecule has 0 bridgehead atoms. The van der Waals surface area contributed by atoms with Gasteiger partial charge in [0.05, 0.1) is 0 Å². The minimum Gasteiger partial charge on any atom is -0.330 e. The van der Waals surface area contributed by atoms with Gasteiger partial charge in [-0.2, -0.15) is 12.6 Å². The average Bonchev–Trinajstić information content (AvgIpc) is 1.91. The van der Waals surface area contributed by atoms with E-state index in [1.54, 1.807) is 0 Å². The van der Waals surface area contributed by atoms with Gasteiger partial charge in [-0.25, -0.2) is 0 Å². The lowest BCUT2D eigenvalue weighted by Gasteiger charge is -2.08. The second-order valence-electron chi connectivity index (χ2n) is 2.43. The van der Waals surface area contributed by atoms with Gasteiger partial charge in [0.1, 0.15) is 0 Å². The average molecular weight is 184 g/mol. The van der Waals surface area contributed by atoms with Gasteiger partial charge in [0, 0.05) is 0 Å². The molecule has 1 nitrogen and oxygen atoms in total. The van der Waals surface area contributed by atoms with Crippen LogP contribution >= 0.6 is 25.0 Å². The largest absolute Gasteiger partial charge is 0.330 e. The molecule has 1 atom stereocenters. The summed E-state index contributed by atoms with van der Waals surface area (Å²) >= 11 is 4.19. The standard InChI is InChI=1S/C7H17NS.ClH/c1-2-3-4-7(5-8)6-9;/h7,9H,2-6,8H2,1H3;1H. The maximum absolute atomic E-state index is 5.48. The highest BCUT2D eigenvalue weighted by Crippen LogP contribution is 2.07. The fraction of sp³-hybridized carbons (Fsp3) is 1.00. The smallest absolute Gasteiger partial charge is 0.00411 e. The molecule has 0 aliphatic carbocycles. The number of unbranched alkanes of at least 4 members (excludes halogenated alkanes) is 1. The minimum absolute atomic E-state index is 0. The van der Waals surface area contributed by atoms with Crippen LogP contribution in [0.5, 0.6) is 0 Å². The summed E-state index contributed by atoms with van der Waals surface area (Å²) in [5.41, 5.74) is 5.48. The van der Waals surface area contributed by atoms with Crippen molar-refractivity contribution >= 4 is 25.0 Å². The first-order valence-electron chi connectivity index (χ1n) is 3.66. The number of hydrogen-bond acceptors (Lipinski definition) is 2. The minimum atomic E-state index is 0. The van der Waals surface area contributed by atoms with E-state index in [9.17, 15) is 0 Å². The highest BCUT2D eigenvalue weighted by Gasteiger charge is 2.01. The first kappa shape index (κ1) is 13.2. The molecule has 0 saturated heterocycles. The van der Waals surface area contributed by atoms with Crippen LogP contribution in [-0.2, 0) is 0 Å². The van der Waals surface area contributed by atoms with Crippen LogP contribution in [0.3, 0.4) is 0 Å². The monoisotopic (exact) mass is 183 g/mol. The van der Waals surface area contributed by atoms with Crippen molar-refractivity contribution in [3.63, 3.8) is 0 Å². The van der Waals surface area contributed by atoms with Crippen LogP contribution in [0.2, 0.25) is 0 Å². The topological polar surface area (TPSA) is 26.0 Å². The lowest BCUT2D eigenvalue weighted by Crippen LogP contribution is -2.15. The number of rotatable bonds is 5. The fourth-order valence-corrected chi connectivity index (χ4v) is 1.11. The van der Waals surface area contributed by atoms with Gasteiger partial charge in [-0.05, 0) is 24.6 Å². The van der Waals surface area contributed by atoms with Crippen LogP contribution in [0.15, 0.2) is 0 Å². The first-order valence-corrected chi connectivity index (χ1v) is 4.29. The van der Waals surface area contributed by atoms with Crippen LogP contribution < -0.4 is 5.73 Å². The van der Waals surface area contributed by atoms with E-state index >= 15 is 0 Å². The quantitative estimate of drug-likeness (QED) is 0.628. The molecule has 2 N–H and O–H groups in total. The Kier molecular flexibility index (Phi) is 12.7. The molecular formula is C7H18ClNS. The maximum atomic E-state index is 5.48. The van der Waals surface area contributed by atoms with Gasteiger partial charge in [-0.1, -0.05) is 19.8 Å². The molecule has 10 heavy (non-hydrogen) atoms. The molecule has 1 unspecified atom stereocenters. The Labute approximate surface area is 75.6 Å². The zero-order valence-corrected chi connectivity index (χ0v) is 8.26. The van der Waals surface area contributed by atoms with Gasteiger partial charge in [0.25, 0.3) is 0 Å². The van der Waals surface area contributed by atoms with E-state index in [1.165, 1.54) is 19.3 Å². The summed E-state index contributed by atoms with van der Waals surface area (Å²) in [4.78, 5) is 0. The van der Waals surface area contributed by atoms with Crippen molar-refractivity contribution in [1.29, 1.82) is 0 Å². The normalized spacial score (nSPS) is 12.3. The molecule has 0 aliphatic heterocycles. The van der Waals surface area contributed by atoms with Crippen LogP contribution in [-0.4, -0.2) is 12.3 Å². The molecule has 0 fully saturated rings. The predicted octanol–water partition coefficient (Wildman–Crippen LogP) is 2.10. The van der Waals surface area contributed by atoms with E-state index < -0.39 is 0 Å². The number of halogens is 1. The van der Waals surface area contributed by atoms with Crippen LogP contribution in [0.25, 0.3) is 0 Å². The van der Waals surface area contributed by atoms with E-state index in [1.807, 2.05) is 0 Å². The Morgan fingerprint density at radius 1 is 1.50 bits per heavy atom. The van der Waals surface area contributed by atoms with E-state index in [0.29, 0.717) is 5.92 Å². The van der Waals surface area contributed by atoms with Gasteiger partial charge in [-0.3, -0.25) is 0 Å². The van der Waals surface area contributed by atoms with Crippen molar-refractivity contribution in [2.75, 3.05) is 12.3 Å². The van der Waals surface area contributed by atoms with Crippen LogP contribution in [0, 0.1) is 5.92 Å². The molecule has 0 aromatic heterocycles. The molecule has 0 spiro atoms. The fourth-order valence-electron chi connectivity index (χ4n) is 0.776. The van der Waals surface area contributed by atoms with Crippen molar-refractivity contribution in [2.24, 2.45) is 11.7 Å². The SMILES string of the molecule is CCCCC(CN)CS.Cl. The summed E-state index contributed by atoms with van der Waals surface area (Å²) < 4.78 is 0. The third-order valence-electron chi connectivity index (χ3n) is 1.56. The second-order valence-corrected chi connectivity index (χ2v) is 2.79. The molecule has 0 aromatic carbocycles. The van der Waals surface area contributed by atoms with E-state index in [4.69, 9.17) is 5.73 Å². The molecule has 0 radical (unpaired) electrons. The Hall–Kier alpha value is 0.600. The summed E-state index contributed by atoms with van der Waals surface area (Å²) in [7, 11) is 0. The third kappa shape index (κ3) is 6.72.